The molecule has 44 heavy (non-hydrogen) atoms. The van der Waals surface area contributed by atoms with Crippen molar-refractivity contribution in [2.45, 2.75) is 77.6 Å². The standard InChI is InChI=1S/C34H43ClN6O2S/c1-24-21-28(35)27(23-30(24)41-18-10-17-36-41)32(42)38-33(43)39-34-37-29-14-13-26(22-31(29)44-34)12-9-7-5-3-4-6-8-11-25-15-19-40(2)20-16-25/h10,13-14,17-18,21-23,25H,3-9,11-12,15-16,19-20H2,1-2H3,(H2,37,38,39,42,43). The van der Waals surface area contributed by atoms with Gasteiger partial charge in [0.25, 0.3) is 5.91 Å². The SMILES string of the molecule is Cc1cc(Cl)c(C(=O)NC(=O)Nc2nc3ccc(CCCCCCCCCC4CCN(C)CC4)cc3s2)cc1-n1cccn1. The molecule has 4 aromatic rings. The van der Waals surface area contributed by atoms with E-state index in [4.69, 9.17) is 11.6 Å². The van der Waals surface area contributed by atoms with Gasteiger partial charge >= 0.3 is 6.03 Å². The number of anilines is 1. The molecule has 2 N–H and O–H groups in total. The van der Waals surface area contributed by atoms with Crippen LogP contribution in [0, 0.1) is 12.8 Å². The highest BCUT2D eigenvalue weighted by molar-refractivity contribution is 7.22. The highest BCUT2D eigenvalue weighted by Gasteiger charge is 2.18. The van der Waals surface area contributed by atoms with E-state index in [0.29, 0.717) is 10.8 Å². The van der Waals surface area contributed by atoms with Gasteiger partial charge in [-0.1, -0.05) is 73.9 Å². The number of thiazole rings is 1. The summed E-state index contributed by atoms with van der Waals surface area (Å²) >= 11 is 7.74. The van der Waals surface area contributed by atoms with Crippen molar-refractivity contribution in [3.63, 3.8) is 0 Å². The Balaban J connectivity index is 1.03. The number of imide groups is 1. The van der Waals surface area contributed by atoms with Crippen LogP contribution in [0.2, 0.25) is 5.02 Å². The molecule has 0 aliphatic carbocycles. The second-order valence-electron chi connectivity index (χ2n) is 12.1. The number of nitrogens with zero attached hydrogens (tertiary/aromatic N) is 4. The van der Waals surface area contributed by atoms with E-state index in [2.05, 4.69) is 44.8 Å². The summed E-state index contributed by atoms with van der Waals surface area (Å²) in [7, 11) is 2.24. The maximum atomic E-state index is 12.9. The largest absolute Gasteiger partial charge is 0.327 e. The van der Waals surface area contributed by atoms with Gasteiger partial charge in [-0.3, -0.25) is 15.4 Å². The Kier molecular flexibility index (Phi) is 11.4. The molecule has 0 radical (unpaired) electrons. The monoisotopic (exact) mass is 634 g/mol. The lowest BCUT2D eigenvalue weighted by molar-refractivity contribution is 0.0967. The topological polar surface area (TPSA) is 92.1 Å². The highest BCUT2D eigenvalue weighted by atomic mass is 35.5. The van der Waals surface area contributed by atoms with Crippen molar-refractivity contribution < 1.29 is 9.59 Å². The van der Waals surface area contributed by atoms with Gasteiger partial charge in [0.15, 0.2) is 5.13 Å². The van der Waals surface area contributed by atoms with Crippen LogP contribution in [0.25, 0.3) is 15.9 Å². The number of unbranched alkanes of at least 4 members (excludes halogenated alkanes) is 6. The van der Waals surface area contributed by atoms with Crippen LogP contribution >= 0.6 is 22.9 Å². The molecule has 0 saturated carbocycles. The molecule has 2 aromatic heterocycles. The Morgan fingerprint density at radius 2 is 1.77 bits per heavy atom. The van der Waals surface area contributed by atoms with Crippen LogP contribution in [0.5, 0.6) is 0 Å². The van der Waals surface area contributed by atoms with Gasteiger partial charge in [0.1, 0.15) is 0 Å². The number of rotatable bonds is 13. The first-order valence-corrected chi connectivity index (χ1v) is 17.1. The summed E-state index contributed by atoms with van der Waals surface area (Å²) in [5.41, 5.74) is 3.87. The van der Waals surface area contributed by atoms with Crippen molar-refractivity contribution in [2.75, 3.05) is 25.5 Å². The molecule has 0 unspecified atom stereocenters. The number of amides is 3. The van der Waals surface area contributed by atoms with Crippen LogP contribution in [0.4, 0.5) is 9.93 Å². The third kappa shape index (κ3) is 8.89. The normalized spacial score (nSPS) is 14.2. The van der Waals surface area contributed by atoms with Gasteiger partial charge in [0.05, 0.1) is 26.5 Å². The number of carbonyl (C=O) groups is 2. The Morgan fingerprint density at radius 3 is 2.52 bits per heavy atom. The van der Waals surface area contributed by atoms with Gasteiger partial charge in [-0.2, -0.15) is 5.10 Å². The fourth-order valence-corrected chi connectivity index (χ4v) is 7.20. The molecular weight excluding hydrogens is 592 g/mol. The van der Waals surface area contributed by atoms with Gasteiger partial charge in [0.2, 0.25) is 0 Å². The Bertz CT molecular complexity index is 1540. The molecule has 2 aromatic carbocycles. The predicted octanol–water partition coefficient (Wildman–Crippen LogP) is 8.41. The minimum absolute atomic E-state index is 0.190. The van der Waals surface area contributed by atoms with Crippen LogP contribution in [-0.2, 0) is 6.42 Å². The zero-order valence-corrected chi connectivity index (χ0v) is 27.4. The first-order valence-electron chi connectivity index (χ1n) is 15.9. The Morgan fingerprint density at radius 1 is 1.02 bits per heavy atom. The van der Waals surface area contributed by atoms with Crippen molar-refractivity contribution in [3.8, 4) is 5.69 Å². The number of fused-ring (bicyclic) bond motifs is 1. The van der Waals surface area contributed by atoms with Crippen molar-refractivity contribution in [3.05, 3.63) is 70.5 Å². The number of aromatic nitrogens is 3. The number of hydrogen-bond acceptors (Lipinski definition) is 6. The van der Waals surface area contributed by atoms with Crippen LogP contribution in [0.1, 0.15) is 85.7 Å². The minimum atomic E-state index is -0.659. The van der Waals surface area contributed by atoms with E-state index in [1.807, 2.05) is 13.0 Å². The molecule has 0 atom stereocenters. The fourth-order valence-electron chi connectivity index (χ4n) is 5.97. The van der Waals surface area contributed by atoms with Gasteiger partial charge in [-0.05, 0) is 100 Å². The summed E-state index contributed by atoms with van der Waals surface area (Å²) in [5.74, 6) is 0.360. The van der Waals surface area contributed by atoms with Crippen LogP contribution in [-0.4, -0.2) is 51.7 Å². The summed E-state index contributed by atoms with van der Waals surface area (Å²) in [6.07, 6.45) is 17.9. The molecule has 3 heterocycles. The van der Waals surface area contributed by atoms with Gasteiger partial charge in [-0.25, -0.2) is 14.5 Å². The minimum Gasteiger partial charge on any atom is -0.306 e. The van der Waals surface area contributed by atoms with Crippen LogP contribution in [0.15, 0.2) is 48.8 Å². The maximum Gasteiger partial charge on any atom is 0.327 e. The summed E-state index contributed by atoms with van der Waals surface area (Å²) < 4.78 is 2.66. The summed E-state index contributed by atoms with van der Waals surface area (Å²) in [6, 6.07) is 10.7. The third-order valence-corrected chi connectivity index (χ3v) is 9.84. The first kappa shape index (κ1) is 32.1. The molecule has 1 fully saturated rings. The molecule has 0 bridgehead atoms. The molecule has 1 aliphatic heterocycles. The lowest BCUT2D eigenvalue weighted by Gasteiger charge is -2.28. The molecule has 1 saturated heterocycles. The van der Waals surface area contributed by atoms with E-state index < -0.39 is 11.9 Å². The van der Waals surface area contributed by atoms with E-state index in [9.17, 15) is 9.59 Å². The summed E-state index contributed by atoms with van der Waals surface area (Å²) in [6.45, 7) is 4.44. The molecule has 10 heteroatoms. The van der Waals surface area contributed by atoms with E-state index in [1.165, 1.54) is 94.2 Å². The number of aryl methyl sites for hydroxylation is 2. The number of halogens is 1. The Labute approximate surface area is 269 Å². The Hall–Kier alpha value is -3.27. The van der Waals surface area contributed by atoms with E-state index in [-0.39, 0.29) is 10.6 Å². The number of benzene rings is 2. The smallest absolute Gasteiger partial charge is 0.306 e. The van der Waals surface area contributed by atoms with Gasteiger partial charge < -0.3 is 4.90 Å². The molecule has 1 aliphatic rings. The number of urea groups is 1. The molecule has 3 amide bonds. The molecule has 5 rings (SSSR count). The second kappa shape index (κ2) is 15.6. The average molecular weight is 635 g/mol. The van der Waals surface area contributed by atoms with Crippen LogP contribution < -0.4 is 10.6 Å². The number of likely N-dealkylation sites (tertiary alicyclic amines) is 1. The van der Waals surface area contributed by atoms with Crippen molar-refractivity contribution in [1.82, 2.24) is 25.0 Å². The van der Waals surface area contributed by atoms with Gasteiger partial charge in [-0.15, -0.1) is 0 Å². The predicted molar refractivity (Wildman–Crippen MR) is 180 cm³/mol. The fraction of sp³-hybridized carbons (Fsp3) is 0.471. The first-order chi connectivity index (χ1) is 21.4. The average Bonchev–Trinajstić information content (AvgIpc) is 3.67. The number of carbonyl (C=O) groups excluding carboxylic acids is 2. The quantitative estimate of drug-likeness (QED) is 0.144. The third-order valence-electron chi connectivity index (χ3n) is 8.60. The lowest BCUT2D eigenvalue weighted by Crippen LogP contribution is -2.34. The second-order valence-corrected chi connectivity index (χ2v) is 13.5. The van der Waals surface area contributed by atoms with Crippen LogP contribution in [0.3, 0.4) is 0 Å². The molecule has 234 valence electrons. The number of piperidine rings is 1. The van der Waals surface area contributed by atoms with Gasteiger partial charge in [0, 0.05) is 12.4 Å². The van der Waals surface area contributed by atoms with Crippen molar-refractivity contribution in [2.24, 2.45) is 5.92 Å². The highest BCUT2D eigenvalue weighted by Crippen LogP contribution is 2.28. The molecule has 8 nitrogen and oxygen atoms in total. The van der Waals surface area contributed by atoms with E-state index in [0.717, 1.165) is 28.1 Å². The van der Waals surface area contributed by atoms with Crippen molar-refractivity contribution >= 4 is 50.2 Å². The summed E-state index contributed by atoms with van der Waals surface area (Å²) in [4.78, 5) is 32.5. The molecular formula is C34H43ClN6O2S. The van der Waals surface area contributed by atoms with E-state index >= 15 is 0 Å². The zero-order chi connectivity index (χ0) is 30.9. The number of nitrogens with one attached hydrogen (secondary N) is 2. The maximum absolute atomic E-state index is 12.9. The van der Waals surface area contributed by atoms with Crippen molar-refractivity contribution in [1.29, 1.82) is 0 Å². The summed E-state index contributed by atoms with van der Waals surface area (Å²) in [5, 5.41) is 9.99. The van der Waals surface area contributed by atoms with E-state index in [1.54, 1.807) is 35.3 Å². The lowest BCUT2D eigenvalue weighted by atomic mass is 9.91. The zero-order valence-electron chi connectivity index (χ0n) is 25.8. The number of hydrogen-bond donors (Lipinski definition) is 2. The molecule has 0 spiro atoms.